The number of halogens is 2. The summed E-state index contributed by atoms with van der Waals surface area (Å²) in [5.41, 5.74) is 2.50. The molecule has 0 saturated carbocycles. The molecule has 3 rings (SSSR count). The van der Waals surface area contributed by atoms with Gasteiger partial charge in [0.25, 0.3) is 0 Å². The lowest BCUT2D eigenvalue weighted by Gasteiger charge is -2.03. The van der Waals surface area contributed by atoms with Crippen molar-refractivity contribution in [2.75, 3.05) is 5.32 Å². The number of hydrogen-bond acceptors (Lipinski definition) is 3. The van der Waals surface area contributed by atoms with E-state index in [0.29, 0.717) is 35.2 Å². The van der Waals surface area contributed by atoms with Gasteiger partial charge >= 0.3 is 0 Å². The highest BCUT2D eigenvalue weighted by Gasteiger charge is 2.07. The van der Waals surface area contributed by atoms with Crippen molar-refractivity contribution in [1.82, 2.24) is 19.6 Å². The van der Waals surface area contributed by atoms with Gasteiger partial charge in [0.1, 0.15) is 0 Å². The molecule has 8 heteroatoms. The SMILES string of the molecule is Cc1nn(CCC(=O)Nc2cnn(Cc3ccc(Cl)cc3)c2)cc1Cl. The summed E-state index contributed by atoms with van der Waals surface area (Å²) in [7, 11) is 0. The molecule has 25 heavy (non-hydrogen) atoms. The Hall–Kier alpha value is -2.31. The van der Waals surface area contributed by atoms with Crippen LogP contribution < -0.4 is 5.32 Å². The van der Waals surface area contributed by atoms with E-state index in [1.807, 2.05) is 31.2 Å². The maximum atomic E-state index is 12.0. The van der Waals surface area contributed by atoms with Gasteiger partial charge in [0.2, 0.25) is 5.91 Å². The maximum absolute atomic E-state index is 12.0. The van der Waals surface area contributed by atoms with E-state index >= 15 is 0 Å². The average Bonchev–Trinajstić information content (AvgIpc) is 3.14. The molecular weight excluding hydrogens is 361 g/mol. The lowest BCUT2D eigenvalue weighted by atomic mass is 10.2. The third kappa shape index (κ3) is 4.84. The molecule has 0 radical (unpaired) electrons. The van der Waals surface area contributed by atoms with Crippen molar-refractivity contribution in [3.8, 4) is 0 Å². The van der Waals surface area contributed by atoms with Gasteiger partial charge in [-0.05, 0) is 24.6 Å². The number of rotatable bonds is 6. The standard InChI is InChI=1S/C17H17Cl2N5O/c1-12-16(19)11-23(22-12)7-6-17(25)21-15-8-20-24(10-15)9-13-2-4-14(18)5-3-13/h2-5,8,10-11H,6-7,9H2,1H3,(H,21,25). The minimum Gasteiger partial charge on any atom is -0.323 e. The predicted molar refractivity (Wildman–Crippen MR) is 98.0 cm³/mol. The van der Waals surface area contributed by atoms with Crippen LogP contribution in [-0.2, 0) is 17.9 Å². The summed E-state index contributed by atoms with van der Waals surface area (Å²) in [5, 5.41) is 12.6. The van der Waals surface area contributed by atoms with E-state index in [1.165, 1.54) is 0 Å². The van der Waals surface area contributed by atoms with Gasteiger partial charge in [-0.1, -0.05) is 35.3 Å². The summed E-state index contributed by atoms with van der Waals surface area (Å²) in [6.45, 7) is 2.91. The van der Waals surface area contributed by atoms with Crippen LogP contribution in [0.4, 0.5) is 5.69 Å². The quantitative estimate of drug-likeness (QED) is 0.710. The zero-order chi connectivity index (χ0) is 17.8. The first kappa shape index (κ1) is 17.5. The minimum absolute atomic E-state index is 0.102. The van der Waals surface area contributed by atoms with E-state index in [9.17, 15) is 4.79 Å². The smallest absolute Gasteiger partial charge is 0.226 e. The maximum Gasteiger partial charge on any atom is 0.226 e. The molecule has 2 heterocycles. The van der Waals surface area contributed by atoms with Crippen LogP contribution in [0, 0.1) is 6.92 Å². The first-order valence-corrected chi connectivity index (χ1v) is 8.51. The molecule has 0 fully saturated rings. The van der Waals surface area contributed by atoms with Crippen molar-refractivity contribution < 1.29 is 4.79 Å². The van der Waals surface area contributed by atoms with Gasteiger partial charge in [0.15, 0.2) is 0 Å². The number of benzene rings is 1. The van der Waals surface area contributed by atoms with Crippen molar-refractivity contribution in [3.05, 3.63) is 64.2 Å². The Morgan fingerprint density at radius 3 is 2.60 bits per heavy atom. The molecular formula is C17H17Cl2N5O. The second-order valence-corrected chi connectivity index (χ2v) is 6.52. The highest BCUT2D eigenvalue weighted by molar-refractivity contribution is 6.31. The monoisotopic (exact) mass is 377 g/mol. The van der Waals surface area contributed by atoms with Gasteiger partial charge in [-0.15, -0.1) is 0 Å². The summed E-state index contributed by atoms with van der Waals surface area (Å²) >= 11 is 11.8. The number of aryl methyl sites for hydroxylation is 2. The van der Waals surface area contributed by atoms with Crippen LogP contribution in [0.5, 0.6) is 0 Å². The first-order valence-electron chi connectivity index (χ1n) is 7.76. The van der Waals surface area contributed by atoms with Crippen LogP contribution in [0.25, 0.3) is 0 Å². The second-order valence-electron chi connectivity index (χ2n) is 5.68. The molecule has 0 atom stereocenters. The van der Waals surface area contributed by atoms with Crippen LogP contribution in [0.15, 0.2) is 42.9 Å². The number of hydrogen-bond donors (Lipinski definition) is 1. The molecule has 1 N–H and O–H groups in total. The van der Waals surface area contributed by atoms with Crippen molar-refractivity contribution >= 4 is 34.8 Å². The predicted octanol–water partition coefficient (Wildman–Crippen LogP) is 3.77. The number of carbonyl (C=O) groups is 1. The summed E-state index contributed by atoms with van der Waals surface area (Å²) in [6, 6.07) is 7.57. The Labute approximate surface area is 155 Å². The van der Waals surface area contributed by atoms with E-state index in [4.69, 9.17) is 23.2 Å². The number of nitrogens with one attached hydrogen (secondary N) is 1. The third-order valence-electron chi connectivity index (χ3n) is 3.63. The van der Waals surface area contributed by atoms with Crippen LogP contribution in [0.2, 0.25) is 10.0 Å². The molecule has 0 bridgehead atoms. The van der Waals surface area contributed by atoms with E-state index < -0.39 is 0 Å². The molecule has 1 aromatic carbocycles. The molecule has 3 aromatic rings. The summed E-state index contributed by atoms with van der Waals surface area (Å²) < 4.78 is 3.43. The first-order chi connectivity index (χ1) is 12.0. The Kier molecular flexibility index (Phi) is 5.40. The fourth-order valence-electron chi connectivity index (χ4n) is 2.34. The summed E-state index contributed by atoms with van der Waals surface area (Å²) in [6.07, 6.45) is 5.44. The molecule has 0 saturated heterocycles. The van der Waals surface area contributed by atoms with E-state index in [2.05, 4.69) is 15.5 Å². The Bertz CT molecular complexity index is 850. The second kappa shape index (κ2) is 7.72. The zero-order valence-electron chi connectivity index (χ0n) is 13.6. The minimum atomic E-state index is -0.102. The Balaban J connectivity index is 1.51. The highest BCUT2D eigenvalue weighted by atomic mass is 35.5. The Morgan fingerprint density at radius 2 is 1.92 bits per heavy atom. The Morgan fingerprint density at radius 1 is 1.16 bits per heavy atom. The summed E-state index contributed by atoms with van der Waals surface area (Å²) in [5.74, 6) is -0.102. The largest absolute Gasteiger partial charge is 0.323 e. The van der Waals surface area contributed by atoms with E-state index in [0.717, 1.165) is 11.3 Å². The number of nitrogens with zero attached hydrogens (tertiary/aromatic N) is 4. The lowest BCUT2D eigenvalue weighted by Crippen LogP contribution is -2.14. The number of aromatic nitrogens is 4. The van der Waals surface area contributed by atoms with E-state index in [-0.39, 0.29) is 5.91 Å². The van der Waals surface area contributed by atoms with Gasteiger partial charge < -0.3 is 5.32 Å². The molecule has 130 valence electrons. The molecule has 6 nitrogen and oxygen atoms in total. The van der Waals surface area contributed by atoms with Crippen LogP contribution in [0.1, 0.15) is 17.7 Å². The molecule has 0 spiro atoms. The van der Waals surface area contributed by atoms with Crippen molar-refractivity contribution in [2.24, 2.45) is 0 Å². The third-order valence-corrected chi connectivity index (χ3v) is 4.25. The number of carbonyl (C=O) groups excluding carboxylic acids is 1. The normalized spacial score (nSPS) is 10.8. The average molecular weight is 378 g/mol. The van der Waals surface area contributed by atoms with Crippen LogP contribution >= 0.6 is 23.2 Å². The number of anilines is 1. The van der Waals surface area contributed by atoms with Gasteiger partial charge in [-0.2, -0.15) is 10.2 Å². The van der Waals surface area contributed by atoms with Crippen molar-refractivity contribution in [2.45, 2.75) is 26.4 Å². The van der Waals surface area contributed by atoms with Crippen molar-refractivity contribution in [3.63, 3.8) is 0 Å². The van der Waals surface area contributed by atoms with Gasteiger partial charge in [-0.3, -0.25) is 14.2 Å². The zero-order valence-corrected chi connectivity index (χ0v) is 15.1. The van der Waals surface area contributed by atoms with Gasteiger partial charge in [-0.25, -0.2) is 0 Å². The van der Waals surface area contributed by atoms with Crippen LogP contribution in [-0.4, -0.2) is 25.5 Å². The molecule has 0 aliphatic carbocycles. The molecule has 1 amide bonds. The van der Waals surface area contributed by atoms with Gasteiger partial charge in [0, 0.05) is 30.4 Å². The summed E-state index contributed by atoms with van der Waals surface area (Å²) in [4.78, 5) is 12.0. The number of amides is 1. The van der Waals surface area contributed by atoms with Crippen LogP contribution in [0.3, 0.4) is 0 Å². The van der Waals surface area contributed by atoms with E-state index in [1.54, 1.807) is 28.0 Å². The molecule has 0 aliphatic heterocycles. The molecule has 0 aliphatic rings. The molecule has 0 unspecified atom stereocenters. The fourth-order valence-corrected chi connectivity index (χ4v) is 2.62. The topological polar surface area (TPSA) is 64.7 Å². The lowest BCUT2D eigenvalue weighted by molar-refractivity contribution is -0.116. The molecule has 2 aromatic heterocycles. The fraction of sp³-hybridized carbons (Fsp3) is 0.235. The van der Waals surface area contributed by atoms with Gasteiger partial charge in [0.05, 0.1) is 29.1 Å². The van der Waals surface area contributed by atoms with Crippen molar-refractivity contribution in [1.29, 1.82) is 0 Å². The highest BCUT2D eigenvalue weighted by Crippen LogP contribution is 2.14.